The van der Waals surface area contributed by atoms with Crippen LogP contribution in [-0.2, 0) is 9.53 Å². The van der Waals surface area contributed by atoms with E-state index in [1.807, 2.05) is 24.3 Å². The van der Waals surface area contributed by atoms with Crippen LogP contribution in [-0.4, -0.2) is 19.2 Å². The van der Waals surface area contributed by atoms with Gasteiger partial charge in [-0.3, -0.25) is 0 Å². The first-order valence-electron chi connectivity index (χ1n) is 9.27. The van der Waals surface area contributed by atoms with Crippen molar-refractivity contribution in [2.45, 2.75) is 59.3 Å². The first-order chi connectivity index (χ1) is 11.7. The Morgan fingerprint density at radius 2 is 1.79 bits per heavy atom. The van der Waals surface area contributed by atoms with Crippen LogP contribution in [0.1, 0.15) is 64.9 Å². The maximum Gasteiger partial charge on any atom is 0.330 e. The molecule has 0 heterocycles. The van der Waals surface area contributed by atoms with Gasteiger partial charge in [0.05, 0.1) is 13.2 Å². The minimum atomic E-state index is -0.270. The molecule has 0 radical (unpaired) electrons. The van der Waals surface area contributed by atoms with E-state index in [0.29, 0.717) is 12.5 Å². The number of esters is 1. The van der Waals surface area contributed by atoms with Crippen molar-refractivity contribution in [3.63, 3.8) is 0 Å². The molecule has 1 unspecified atom stereocenters. The van der Waals surface area contributed by atoms with E-state index in [9.17, 15) is 4.79 Å². The van der Waals surface area contributed by atoms with E-state index in [2.05, 4.69) is 20.8 Å². The summed E-state index contributed by atoms with van der Waals surface area (Å²) >= 11 is 0. The molecule has 0 N–H and O–H groups in total. The fourth-order valence-corrected chi connectivity index (χ4v) is 2.32. The molecule has 1 rings (SSSR count). The van der Waals surface area contributed by atoms with Crippen LogP contribution in [0.15, 0.2) is 30.3 Å². The second-order valence-corrected chi connectivity index (χ2v) is 6.15. The van der Waals surface area contributed by atoms with Gasteiger partial charge in [0.25, 0.3) is 0 Å². The summed E-state index contributed by atoms with van der Waals surface area (Å²) in [5.74, 6) is 1.07. The molecule has 0 aliphatic carbocycles. The second-order valence-electron chi connectivity index (χ2n) is 6.15. The van der Waals surface area contributed by atoms with Gasteiger partial charge in [0.2, 0.25) is 0 Å². The van der Waals surface area contributed by atoms with E-state index in [1.54, 1.807) is 6.08 Å². The maximum absolute atomic E-state index is 11.8. The van der Waals surface area contributed by atoms with Crippen LogP contribution in [0.25, 0.3) is 6.08 Å². The van der Waals surface area contributed by atoms with E-state index in [0.717, 1.165) is 43.6 Å². The van der Waals surface area contributed by atoms with Crippen LogP contribution in [0.2, 0.25) is 0 Å². The molecular formula is C21H32O3. The molecule has 3 nitrogen and oxygen atoms in total. The Hall–Kier alpha value is -1.77. The average Bonchev–Trinajstić information content (AvgIpc) is 2.61. The zero-order valence-corrected chi connectivity index (χ0v) is 15.4. The van der Waals surface area contributed by atoms with Crippen LogP contribution in [0, 0.1) is 5.92 Å². The molecule has 0 fully saturated rings. The van der Waals surface area contributed by atoms with Crippen LogP contribution in [0.4, 0.5) is 0 Å². The summed E-state index contributed by atoms with van der Waals surface area (Å²) < 4.78 is 11.0. The van der Waals surface area contributed by atoms with E-state index < -0.39 is 0 Å². The molecule has 0 saturated heterocycles. The number of benzene rings is 1. The summed E-state index contributed by atoms with van der Waals surface area (Å²) in [6.45, 7) is 7.73. The number of hydrogen-bond acceptors (Lipinski definition) is 3. The van der Waals surface area contributed by atoms with Crippen LogP contribution < -0.4 is 4.74 Å². The largest absolute Gasteiger partial charge is 0.494 e. The Morgan fingerprint density at radius 1 is 1.08 bits per heavy atom. The van der Waals surface area contributed by atoms with Gasteiger partial charge in [0.15, 0.2) is 0 Å². The number of rotatable bonds is 12. The smallest absolute Gasteiger partial charge is 0.330 e. The van der Waals surface area contributed by atoms with Crippen LogP contribution in [0.3, 0.4) is 0 Å². The molecule has 0 bridgehead atoms. The van der Waals surface area contributed by atoms with Crippen molar-refractivity contribution in [1.82, 2.24) is 0 Å². The van der Waals surface area contributed by atoms with Crippen molar-refractivity contribution in [1.29, 1.82) is 0 Å². The lowest BCUT2D eigenvalue weighted by Gasteiger charge is -2.13. The predicted molar refractivity (Wildman–Crippen MR) is 100 cm³/mol. The Kier molecular flexibility index (Phi) is 10.7. The highest BCUT2D eigenvalue weighted by Crippen LogP contribution is 2.15. The fraction of sp³-hybridized carbons (Fsp3) is 0.571. The number of hydrogen-bond donors (Lipinski definition) is 0. The lowest BCUT2D eigenvalue weighted by molar-refractivity contribution is -0.139. The number of carbonyl (C=O) groups excluding carboxylic acids is 1. The molecule has 3 heteroatoms. The van der Waals surface area contributed by atoms with Gasteiger partial charge in [-0.05, 0) is 42.5 Å². The lowest BCUT2D eigenvalue weighted by Crippen LogP contribution is -2.12. The van der Waals surface area contributed by atoms with Crippen molar-refractivity contribution in [2.24, 2.45) is 5.92 Å². The Balaban J connectivity index is 2.37. The van der Waals surface area contributed by atoms with Gasteiger partial charge in [0, 0.05) is 6.08 Å². The molecule has 1 atom stereocenters. The van der Waals surface area contributed by atoms with Crippen molar-refractivity contribution in [2.75, 3.05) is 13.2 Å². The van der Waals surface area contributed by atoms with E-state index >= 15 is 0 Å². The maximum atomic E-state index is 11.8. The normalized spacial score (nSPS) is 12.3. The summed E-state index contributed by atoms with van der Waals surface area (Å²) in [5.41, 5.74) is 0.966. The zero-order chi connectivity index (χ0) is 17.6. The van der Waals surface area contributed by atoms with E-state index in [4.69, 9.17) is 9.47 Å². The van der Waals surface area contributed by atoms with E-state index in [1.165, 1.54) is 18.9 Å². The first kappa shape index (κ1) is 20.3. The highest BCUT2D eigenvalue weighted by molar-refractivity contribution is 5.87. The number of carbonyl (C=O) groups is 1. The minimum absolute atomic E-state index is 0.270. The average molecular weight is 332 g/mol. The van der Waals surface area contributed by atoms with Gasteiger partial charge >= 0.3 is 5.97 Å². The van der Waals surface area contributed by atoms with Crippen LogP contribution >= 0.6 is 0 Å². The van der Waals surface area contributed by atoms with Crippen molar-refractivity contribution >= 4 is 12.0 Å². The fourth-order valence-electron chi connectivity index (χ4n) is 2.32. The Labute approximate surface area is 147 Å². The molecule has 24 heavy (non-hydrogen) atoms. The van der Waals surface area contributed by atoms with Gasteiger partial charge < -0.3 is 9.47 Å². The SMILES string of the molecule is CCCCOc1ccc(C=CC(=O)OCC(CC)CCCC)cc1. The summed E-state index contributed by atoms with van der Waals surface area (Å²) in [6, 6.07) is 7.75. The highest BCUT2D eigenvalue weighted by Gasteiger charge is 2.08. The van der Waals surface area contributed by atoms with Crippen molar-refractivity contribution < 1.29 is 14.3 Å². The molecule has 0 saturated carbocycles. The summed E-state index contributed by atoms with van der Waals surface area (Å²) in [4.78, 5) is 11.8. The quantitative estimate of drug-likeness (QED) is 0.282. The molecule has 134 valence electrons. The summed E-state index contributed by atoms with van der Waals surface area (Å²) in [6.07, 6.45) is 10.0. The molecule has 1 aromatic rings. The molecule has 0 aliphatic rings. The van der Waals surface area contributed by atoms with Gasteiger partial charge in [-0.15, -0.1) is 0 Å². The minimum Gasteiger partial charge on any atom is -0.494 e. The Morgan fingerprint density at radius 3 is 2.42 bits per heavy atom. The third kappa shape index (κ3) is 8.76. The van der Waals surface area contributed by atoms with Gasteiger partial charge in [-0.25, -0.2) is 4.79 Å². The summed E-state index contributed by atoms with van der Waals surface area (Å²) in [5, 5.41) is 0. The van der Waals surface area contributed by atoms with Gasteiger partial charge in [-0.1, -0.05) is 58.6 Å². The van der Waals surface area contributed by atoms with Crippen LogP contribution in [0.5, 0.6) is 5.75 Å². The molecular weight excluding hydrogens is 300 g/mol. The van der Waals surface area contributed by atoms with Crippen molar-refractivity contribution in [3.05, 3.63) is 35.9 Å². The molecule has 1 aromatic carbocycles. The lowest BCUT2D eigenvalue weighted by atomic mass is 10.0. The Bertz CT molecular complexity index is 476. The predicted octanol–water partition coefficient (Wildman–Crippen LogP) is 5.64. The second kappa shape index (κ2) is 12.6. The van der Waals surface area contributed by atoms with Gasteiger partial charge in [0.1, 0.15) is 5.75 Å². The molecule has 0 aliphatic heterocycles. The van der Waals surface area contributed by atoms with E-state index in [-0.39, 0.29) is 5.97 Å². The standard InChI is InChI=1S/C21H32O3/c1-4-7-9-18(6-3)17-24-21(22)15-12-19-10-13-20(14-11-19)23-16-8-5-2/h10-15,18H,4-9,16-17H2,1-3H3. The topological polar surface area (TPSA) is 35.5 Å². The zero-order valence-electron chi connectivity index (χ0n) is 15.4. The molecule has 0 amide bonds. The first-order valence-corrected chi connectivity index (χ1v) is 9.27. The molecule has 0 aromatic heterocycles. The number of ether oxygens (including phenoxy) is 2. The molecule has 0 spiro atoms. The summed E-state index contributed by atoms with van der Waals surface area (Å²) in [7, 11) is 0. The third-order valence-corrected chi connectivity index (χ3v) is 4.06. The monoisotopic (exact) mass is 332 g/mol. The highest BCUT2D eigenvalue weighted by atomic mass is 16.5. The van der Waals surface area contributed by atoms with Crippen molar-refractivity contribution in [3.8, 4) is 5.75 Å². The number of unbranched alkanes of at least 4 members (excludes halogenated alkanes) is 2. The van der Waals surface area contributed by atoms with Gasteiger partial charge in [-0.2, -0.15) is 0 Å². The third-order valence-electron chi connectivity index (χ3n) is 4.06.